The molecule has 85 valence electrons. The van der Waals surface area contributed by atoms with Gasteiger partial charge in [-0.3, -0.25) is 0 Å². The number of para-hydroxylation sites is 1. The molecular formula is C16H15O. The van der Waals surface area contributed by atoms with E-state index in [1.807, 2.05) is 12.1 Å². The van der Waals surface area contributed by atoms with Gasteiger partial charge in [-0.2, -0.15) is 0 Å². The first kappa shape index (κ1) is 10.4. The van der Waals surface area contributed by atoms with E-state index in [1.165, 1.54) is 22.3 Å². The molecule has 0 amide bonds. The van der Waals surface area contributed by atoms with Crippen molar-refractivity contribution in [2.24, 2.45) is 0 Å². The van der Waals surface area contributed by atoms with E-state index < -0.39 is 0 Å². The van der Waals surface area contributed by atoms with Gasteiger partial charge in [0.2, 0.25) is 0 Å². The molecule has 1 aromatic heterocycles. The summed E-state index contributed by atoms with van der Waals surface area (Å²) >= 11 is 0. The minimum Gasteiger partial charge on any atom is -0.456 e. The summed E-state index contributed by atoms with van der Waals surface area (Å²) in [5.74, 6) is 1.43. The molecule has 0 saturated carbocycles. The molecule has 0 saturated heterocycles. The highest BCUT2D eigenvalue weighted by Gasteiger charge is 2.07. The van der Waals surface area contributed by atoms with E-state index in [0.29, 0.717) is 0 Å². The lowest BCUT2D eigenvalue weighted by Crippen LogP contribution is -1.90. The summed E-state index contributed by atoms with van der Waals surface area (Å²) < 4.78 is 5.81. The van der Waals surface area contributed by atoms with Crippen LogP contribution in [0.4, 0.5) is 0 Å². The van der Waals surface area contributed by atoms with Crippen LogP contribution in [0.15, 0.2) is 46.9 Å². The van der Waals surface area contributed by atoms with Crippen LogP contribution in [0.1, 0.15) is 19.4 Å². The second kappa shape index (κ2) is 3.92. The zero-order valence-corrected chi connectivity index (χ0v) is 10.2. The molecule has 3 aromatic rings. The molecular weight excluding hydrogens is 208 g/mol. The van der Waals surface area contributed by atoms with Gasteiger partial charge in [-0.05, 0) is 36.1 Å². The molecule has 2 aromatic carbocycles. The Hall–Kier alpha value is -1.76. The van der Waals surface area contributed by atoms with Crippen LogP contribution in [0.25, 0.3) is 21.9 Å². The summed E-state index contributed by atoms with van der Waals surface area (Å²) in [5.41, 5.74) is 3.30. The third-order valence-corrected chi connectivity index (χ3v) is 3.00. The fraction of sp³-hybridized carbons (Fsp3) is 0.188. The highest BCUT2D eigenvalue weighted by molar-refractivity contribution is 6.04. The van der Waals surface area contributed by atoms with Crippen LogP contribution in [0, 0.1) is 5.92 Å². The first-order chi connectivity index (χ1) is 8.24. The van der Waals surface area contributed by atoms with Crippen LogP contribution < -0.4 is 0 Å². The van der Waals surface area contributed by atoms with E-state index in [1.54, 1.807) is 0 Å². The standard InChI is InChI=1S/C16H15O/c1-11(2)9-12-7-8-16-14(10-12)13-5-3-4-6-15(13)17-16/h3-8,10H,9H2,1-2H3. The van der Waals surface area contributed by atoms with E-state index in [-0.39, 0.29) is 0 Å². The highest BCUT2D eigenvalue weighted by atomic mass is 16.3. The number of furan rings is 1. The summed E-state index contributed by atoms with van der Waals surface area (Å²) in [6.45, 7) is 4.33. The van der Waals surface area contributed by atoms with E-state index >= 15 is 0 Å². The highest BCUT2D eigenvalue weighted by Crippen LogP contribution is 2.29. The largest absolute Gasteiger partial charge is 0.456 e. The number of benzene rings is 2. The second-order valence-electron chi connectivity index (χ2n) is 4.81. The Morgan fingerprint density at radius 3 is 2.53 bits per heavy atom. The van der Waals surface area contributed by atoms with Crippen molar-refractivity contribution < 1.29 is 4.42 Å². The zero-order chi connectivity index (χ0) is 11.8. The number of hydrogen-bond donors (Lipinski definition) is 0. The van der Waals surface area contributed by atoms with Crippen molar-refractivity contribution in [1.29, 1.82) is 0 Å². The predicted molar refractivity (Wildman–Crippen MR) is 72.0 cm³/mol. The molecule has 0 spiro atoms. The Morgan fingerprint density at radius 1 is 0.941 bits per heavy atom. The summed E-state index contributed by atoms with van der Waals surface area (Å²) in [4.78, 5) is 0. The van der Waals surface area contributed by atoms with Crippen LogP contribution in [0.2, 0.25) is 0 Å². The lowest BCUT2D eigenvalue weighted by atomic mass is 10.0. The molecule has 0 aliphatic rings. The van der Waals surface area contributed by atoms with Crippen LogP contribution in [-0.4, -0.2) is 0 Å². The van der Waals surface area contributed by atoms with E-state index in [2.05, 4.69) is 44.2 Å². The lowest BCUT2D eigenvalue weighted by molar-refractivity contribution is 0.668. The molecule has 1 heteroatoms. The normalized spacial score (nSPS) is 11.7. The monoisotopic (exact) mass is 223 g/mol. The third-order valence-electron chi connectivity index (χ3n) is 3.00. The van der Waals surface area contributed by atoms with E-state index in [9.17, 15) is 0 Å². The molecule has 0 N–H and O–H groups in total. The molecule has 1 radical (unpaired) electrons. The summed E-state index contributed by atoms with van der Waals surface area (Å²) in [7, 11) is 0. The maximum Gasteiger partial charge on any atom is 0.135 e. The van der Waals surface area contributed by atoms with Gasteiger partial charge in [0.15, 0.2) is 0 Å². The lowest BCUT2D eigenvalue weighted by Gasteiger charge is -2.03. The van der Waals surface area contributed by atoms with Crippen molar-refractivity contribution in [1.82, 2.24) is 0 Å². The molecule has 0 aliphatic carbocycles. The van der Waals surface area contributed by atoms with Crippen LogP contribution in [0.3, 0.4) is 0 Å². The van der Waals surface area contributed by atoms with Gasteiger partial charge in [0.1, 0.15) is 11.2 Å². The van der Waals surface area contributed by atoms with Gasteiger partial charge in [0, 0.05) is 10.8 Å². The molecule has 1 nitrogen and oxygen atoms in total. The SMILES string of the molecule is C[C](C)Cc1ccc2oc3ccccc3c2c1. The molecule has 0 unspecified atom stereocenters. The minimum absolute atomic E-state index is 0.969. The maximum atomic E-state index is 5.81. The van der Waals surface area contributed by atoms with Gasteiger partial charge in [0.25, 0.3) is 0 Å². The summed E-state index contributed by atoms with van der Waals surface area (Å²) in [6, 6.07) is 14.7. The number of hydrogen-bond acceptors (Lipinski definition) is 1. The van der Waals surface area contributed by atoms with E-state index in [4.69, 9.17) is 4.42 Å². The number of rotatable bonds is 2. The third kappa shape index (κ3) is 1.82. The fourth-order valence-electron chi connectivity index (χ4n) is 2.29. The van der Waals surface area contributed by atoms with Crippen LogP contribution in [-0.2, 0) is 6.42 Å². The first-order valence-electron chi connectivity index (χ1n) is 5.93. The van der Waals surface area contributed by atoms with Crippen LogP contribution in [0.5, 0.6) is 0 Å². The van der Waals surface area contributed by atoms with Crippen molar-refractivity contribution in [2.45, 2.75) is 20.3 Å². The Bertz CT molecular complexity index is 661. The Labute approximate surface area is 101 Å². The quantitative estimate of drug-likeness (QED) is 0.611. The molecule has 0 fully saturated rings. The molecule has 3 rings (SSSR count). The van der Waals surface area contributed by atoms with Crippen molar-refractivity contribution in [3.8, 4) is 0 Å². The van der Waals surface area contributed by atoms with Crippen molar-refractivity contribution >= 4 is 21.9 Å². The van der Waals surface area contributed by atoms with Gasteiger partial charge >= 0.3 is 0 Å². The fourth-order valence-corrected chi connectivity index (χ4v) is 2.29. The van der Waals surface area contributed by atoms with Gasteiger partial charge in [-0.15, -0.1) is 0 Å². The molecule has 0 atom stereocenters. The molecule has 1 heterocycles. The topological polar surface area (TPSA) is 13.1 Å². The van der Waals surface area contributed by atoms with Gasteiger partial charge in [0.05, 0.1) is 0 Å². The molecule has 0 bridgehead atoms. The Balaban J connectivity index is 2.23. The van der Waals surface area contributed by atoms with Gasteiger partial charge in [-0.1, -0.05) is 38.1 Å². The number of fused-ring (bicyclic) bond motifs is 3. The Morgan fingerprint density at radius 2 is 1.71 bits per heavy atom. The summed E-state index contributed by atoms with van der Waals surface area (Å²) in [5, 5.41) is 2.43. The average Bonchev–Trinajstić information content (AvgIpc) is 2.66. The Kier molecular flexibility index (Phi) is 2.40. The first-order valence-corrected chi connectivity index (χ1v) is 5.93. The maximum absolute atomic E-state index is 5.81. The minimum atomic E-state index is 0.969. The van der Waals surface area contributed by atoms with E-state index in [0.717, 1.165) is 17.6 Å². The van der Waals surface area contributed by atoms with Crippen molar-refractivity contribution in [3.63, 3.8) is 0 Å². The van der Waals surface area contributed by atoms with Gasteiger partial charge < -0.3 is 4.42 Å². The molecule has 0 aliphatic heterocycles. The predicted octanol–water partition coefficient (Wildman–Crippen LogP) is 4.74. The smallest absolute Gasteiger partial charge is 0.135 e. The van der Waals surface area contributed by atoms with Crippen molar-refractivity contribution in [3.05, 3.63) is 53.9 Å². The molecule has 17 heavy (non-hydrogen) atoms. The average molecular weight is 223 g/mol. The zero-order valence-electron chi connectivity index (χ0n) is 10.2. The second-order valence-corrected chi connectivity index (χ2v) is 4.81. The van der Waals surface area contributed by atoms with Crippen molar-refractivity contribution in [2.75, 3.05) is 0 Å². The van der Waals surface area contributed by atoms with Gasteiger partial charge in [-0.25, -0.2) is 0 Å². The summed E-state index contributed by atoms with van der Waals surface area (Å²) in [6.07, 6.45) is 1.04. The van der Waals surface area contributed by atoms with Crippen LogP contribution >= 0.6 is 0 Å².